The molecule has 130 valence electrons. The molecule has 0 aromatic heterocycles. The molecule has 6 nitrogen and oxygen atoms in total. The Hall–Kier alpha value is -1.56. The fourth-order valence-electron chi connectivity index (χ4n) is 2.63. The molecule has 0 spiro atoms. The van der Waals surface area contributed by atoms with Gasteiger partial charge in [-0.3, -0.25) is 14.4 Å². The van der Waals surface area contributed by atoms with Crippen molar-refractivity contribution in [2.24, 2.45) is 11.8 Å². The van der Waals surface area contributed by atoms with Gasteiger partial charge in [0.15, 0.2) is 5.92 Å². The largest absolute Gasteiger partial charge is 0.465 e. The van der Waals surface area contributed by atoms with Crippen LogP contribution < -0.4 is 0 Å². The number of nitrogens with zero attached hydrogens (tertiary/aromatic N) is 1. The average Bonchev–Trinajstić information content (AvgIpc) is 2.77. The van der Waals surface area contributed by atoms with Gasteiger partial charge in [-0.25, -0.2) is 0 Å². The first kappa shape index (κ1) is 19.5. The lowest BCUT2D eigenvalue weighted by Gasteiger charge is -2.20. The number of hydrogen-bond donors (Lipinski definition) is 0. The Bertz CT molecular complexity index is 485. The number of allylic oxidation sites excluding steroid dienone is 1. The first-order valence-corrected chi connectivity index (χ1v) is 8.22. The first-order valence-electron chi connectivity index (χ1n) is 7.84. The minimum Gasteiger partial charge on any atom is -0.465 e. The van der Waals surface area contributed by atoms with Gasteiger partial charge in [-0.15, -0.1) is 0 Å². The smallest absolute Gasteiger partial charge is 0.321 e. The molecule has 1 aliphatic heterocycles. The highest BCUT2D eigenvalue weighted by atomic mass is 35.5. The number of hydrogen-bond acceptors (Lipinski definition) is 5. The van der Waals surface area contributed by atoms with Crippen LogP contribution in [0.2, 0.25) is 0 Å². The molecular weight excluding hydrogens is 322 g/mol. The van der Waals surface area contributed by atoms with Crippen molar-refractivity contribution in [2.45, 2.75) is 33.6 Å². The van der Waals surface area contributed by atoms with Crippen molar-refractivity contribution in [1.29, 1.82) is 0 Å². The summed E-state index contributed by atoms with van der Waals surface area (Å²) in [6.45, 7) is 5.79. The molecule has 0 aliphatic carbocycles. The number of amides is 1. The van der Waals surface area contributed by atoms with Crippen LogP contribution in [0, 0.1) is 11.8 Å². The molecule has 0 aromatic carbocycles. The van der Waals surface area contributed by atoms with E-state index in [1.807, 2.05) is 6.92 Å². The number of likely N-dealkylation sites (N-methyl/N-ethyl adjacent to an activating group) is 1. The molecular formula is C16H24ClNO5. The van der Waals surface area contributed by atoms with Crippen LogP contribution in [0.1, 0.15) is 33.6 Å². The molecule has 1 fully saturated rings. The quantitative estimate of drug-likeness (QED) is 0.522. The van der Waals surface area contributed by atoms with Gasteiger partial charge in [0.05, 0.1) is 19.1 Å². The van der Waals surface area contributed by atoms with E-state index in [2.05, 4.69) is 0 Å². The fourth-order valence-corrected chi connectivity index (χ4v) is 3.00. The minimum atomic E-state index is -1.31. The zero-order valence-corrected chi connectivity index (χ0v) is 14.8. The van der Waals surface area contributed by atoms with Gasteiger partial charge in [0.25, 0.3) is 0 Å². The van der Waals surface area contributed by atoms with E-state index in [9.17, 15) is 14.4 Å². The molecule has 0 saturated carbocycles. The van der Waals surface area contributed by atoms with Crippen molar-refractivity contribution in [2.75, 3.05) is 26.8 Å². The predicted octanol–water partition coefficient (Wildman–Crippen LogP) is 2.11. The zero-order chi connectivity index (χ0) is 17.6. The molecule has 0 radical (unpaired) electrons. The standard InChI is InChI=1S/C16H24ClNO5/c1-5-8-11(17)10-9-18(4)14(19)12(10)13(15(20)22-6-2)16(21)23-7-3/h12-13H,5-9H2,1-4H3/b11-10-. The van der Waals surface area contributed by atoms with E-state index in [0.717, 1.165) is 6.42 Å². The maximum atomic E-state index is 12.5. The van der Waals surface area contributed by atoms with Crippen molar-refractivity contribution in [3.63, 3.8) is 0 Å². The lowest BCUT2D eigenvalue weighted by atomic mass is 9.86. The van der Waals surface area contributed by atoms with Crippen LogP contribution in [0.5, 0.6) is 0 Å². The summed E-state index contributed by atoms with van der Waals surface area (Å²) in [6.07, 6.45) is 1.39. The highest BCUT2D eigenvalue weighted by molar-refractivity contribution is 6.30. The summed E-state index contributed by atoms with van der Waals surface area (Å²) in [5.74, 6) is -4.08. The predicted molar refractivity (Wildman–Crippen MR) is 85.7 cm³/mol. The minimum absolute atomic E-state index is 0.118. The van der Waals surface area contributed by atoms with Gasteiger partial charge in [-0.2, -0.15) is 0 Å². The molecule has 1 saturated heterocycles. The summed E-state index contributed by atoms with van der Waals surface area (Å²) in [6, 6.07) is 0. The SMILES string of the molecule is CCC/C(Cl)=C1\CN(C)C(=O)C1C(C(=O)OCC)C(=O)OCC. The van der Waals surface area contributed by atoms with Gasteiger partial charge in [-0.1, -0.05) is 24.9 Å². The molecule has 1 heterocycles. The summed E-state index contributed by atoms with van der Waals surface area (Å²) in [4.78, 5) is 38.5. The highest BCUT2D eigenvalue weighted by Crippen LogP contribution is 2.36. The van der Waals surface area contributed by atoms with Crippen LogP contribution in [0.25, 0.3) is 0 Å². The van der Waals surface area contributed by atoms with E-state index in [0.29, 0.717) is 23.6 Å². The van der Waals surface area contributed by atoms with Crippen LogP contribution in [-0.4, -0.2) is 49.6 Å². The Morgan fingerprint density at radius 3 is 2.17 bits per heavy atom. The van der Waals surface area contributed by atoms with Gasteiger partial charge < -0.3 is 14.4 Å². The number of halogens is 1. The first-order chi connectivity index (χ1) is 10.9. The average molecular weight is 346 g/mol. The number of carbonyl (C=O) groups is 3. The molecule has 23 heavy (non-hydrogen) atoms. The van der Waals surface area contributed by atoms with Gasteiger partial charge in [-0.05, 0) is 25.8 Å². The number of likely N-dealkylation sites (tertiary alicyclic amines) is 1. The van der Waals surface area contributed by atoms with Gasteiger partial charge in [0.2, 0.25) is 5.91 Å². The zero-order valence-electron chi connectivity index (χ0n) is 14.1. The lowest BCUT2D eigenvalue weighted by Crippen LogP contribution is -2.39. The molecule has 0 bridgehead atoms. The van der Waals surface area contributed by atoms with E-state index in [-0.39, 0.29) is 19.1 Å². The van der Waals surface area contributed by atoms with Crippen LogP contribution in [-0.2, 0) is 23.9 Å². The summed E-state index contributed by atoms with van der Waals surface area (Å²) in [5.41, 5.74) is 0.604. The molecule has 1 atom stereocenters. The van der Waals surface area contributed by atoms with Crippen LogP contribution >= 0.6 is 11.6 Å². The Morgan fingerprint density at radius 1 is 1.22 bits per heavy atom. The summed E-state index contributed by atoms with van der Waals surface area (Å²) >= 11 is 6.32. The van der Waals surface area contributed by atoms with Crippen LogP contribution in [0.4, 0.5) is 0 Å². The third-order valence-corrected chi connectivity index (χ3v) is 4.09. The van der Waals surface area contributed by atoms with Crippen molar-refractivity contribution >= 4 is 29.4 Å². The van der Waals surface area contributed by atoms with Crippen LogP contribution in [0.15, 0.2) is 10.6 Å². The van der Waals surface area contributed by atoms with E-state index < -0.39 is 23.8 Å². The third kappa shape index (κ3) is 4.47. The Balaban J connectivity index is 3.28. The lowest BCUT2D eigenvalue weighted by molar-refractivity contribution is -0.165. The van der Waals surface area contributed by atoms with Crippen molar-refractivity contribution in [3.05, 3.63) is 10.6 Å². The van der Waals surface area contributed by atoms with Crippen molar-refractivity contribution < 1.29 is 23.9 Å². The third-order valence-electron chi connectivity index (χ3n) is 3.66. The molecule has 1 rings (SSSR count). The van der Waals surface area contributed by atoms with Crippen molar-refractivity contribution in [3.8, 4) is 0 Å². The van der Waals surface area contributed by atoms with E-state index >= 15 is 0 Å². The molecule has 7 heteroatoms. The molecule has 0 aromatic rings. The van der Waals surface area contributed by atoms with E-state index in [1.54, 1.807) is 20.9 Å². The van der Waals surface area contributed by atoms with Gasteiger partial charge in [0.1, 0.15) is 0 Å². The Morgan fingerprint density at radius 2 is 1.74 bits per heavy atom. The molecule has 1 amide bonds. The normalized spacial score (nSPS) is 20.0. The second-order valence-electron chi connectivity index (χ2n) is 5.33. The molecule has 0 N–H and O–H groups in total. The topological polar surface area (TPSA) is 72.9 Å². The van der Waals surface area contributed by atoms with Gasteiger partial charge >= 0.3 is 11.9 Å². The maximum Gasteiger partial charge on any atom is 0.321 e. The Kier molecular flexibility index (Phi) is 7.55. The van der Waals surface area contributed by atoms with E-state index in [1.165, 1.54) is 4.90 Å². The second kappa shape index (κ2) is 8.91. The Labute approximate surface area is 141 Å². The number of esters is 2. The summed E-state index contributed by atoms with van der Waals surface area (Å²) < 4.78 is 9.96. The van der Waals surface area contributed by atoms with E-state index in [4.69, 9.17) is 21.1 Å². The van der Waals surface area contributed by atoms with Crippen molar-refractivity contribution in [1.82, 2.24) is 4.90 Å². The summed E-state index contributed by atoms with van der Waals surface area (Å²) in [7, 11) is 1.62. The number of rotatable bonds is 7. The highest BCUT2D eigenvalue weighted by Gasteiger charge is 2.49. The molecule has 1 aliphatic rings. The number of ether oxygens (including phenoxy) is 2. The maximum absolute atomic E-state index is 12.5. The van der Waals surface area contributed by atoms with Gasteiger partial charge in [0, 0.05) is 18.6 Å². The second-order valence-corrected chi connectivity index (χ2v) is 5.79. The monoisotopic (exact) mass is 345 g/mol. The number of carbonyl (C=O) groups excluding carboxylic acids is 3. The fraction of sp³-hybridized carbons (Fsp3) is 0.688. The molecule has 1 unspecified atom stereocenters. The summed E-state index contributed by atoms with van der Waals surface area (Å²) in [5, 5.41) is 0.522. The van der Waals surface area contributed by atoms with Crippen LogP contribution in [0.3, 0.4) is 0 Å².